The van der Waals surface area contributed by atoms with E-state index in [1.807, 2.05) is 6.07 Å². The molecule has 2 aliphatic heterocycles. The van der Waals surface area contributed by atoms with Crippen LogP contribution in [0.2, 0.25) is 0 Å². The molecule has 2 aliphatic rings. The number of methoxy groups -OCH3 is 2. The molecule has 0 saturated carbocycles. The van der Waals surface area contributed by atoms with Crippen molar-refractivity contribution >= 4 is 5.78 Å². The summed E-state index contributed by atoms with van der Waals surface area (Å²) in [5, 5.41) is 0. The van der Waals surface area contributed by atoms with Crippen molar-refractivity contribution in [2.24, 2.45) is 11.3 Å². The fourth-order valence-corrected chi connectivity index (χ4v) is 4.48. The number of rotatable bonds is 7. The molecule has 1 aromatic rings. The van der Waals surface area contributed by atoms with Crippen LogP contribution < -0.4 is 9.47 Å². The second-order valence-corrected chi connectivity index (χ2v) is 8.68. The minimum atomic E-state index is -0.290. The smallest absolute Gasteiger partial charge is 0.161 e. The summed E-state index contributed by atoms with van der Waals surface area (Å²) in [5.74, 6) is 1.89. The van der Waals surface area contributed by atoms with Crippen molar-refractivity contribution < 1.29 is 18.7 Å². The van der Waals surface area contributed by atoms with Crippen LogP contribution in [0.5, 0.6) is 11.5 Å². The second-order valence-electron chi connectivity index (χ2n) is 8.68. The Bertz CT molecular complexity index is 688. The third-order valence-corrected chi connectivity index (χ3v) is 6.36. The largest absolute Gasteiger partial charge is 0.493 e. The number of Topliss-reactive ketones (excluding diaryl/α,β-unsaturated/α-hetero) is 1. The van der Waals surface area contributed by atoms with Crippen molar-refractivity contribution in [3.8, 4) is 11.5 Å². The maximum absolute atomic E-state index is 12.9. The Balaban J connectivity index is 1.74. The Hall–Kier alpha value is -1.62. The lowest BCUT2D eigenvalue weighted by Crippen LogP contribution is -2.46. The van der Waals surface area contributed by atoms with Gasteiger partial charge in [-0.05, 0) is 54.4 Å². The topological polar surface area (TPSA) is 38.8 Å². The predicted molar refractivity (Wildman–Crippen MR) is 104 cm³/mol. The van der Waals surface area contributed by atoms with Crippen LogP contribution in [0, 0.1) is 11.3 Å². The van der Waals surface area contributed by atoms with Gasteiger partial charge in [0.25, 0.3) is 0 Å². The first-order chi connectivity index (χ1) is 12.9. The lowest BCUT2D eigenvalue weighted by molar-refractivity contribution is -0.129. The summed E-state index contributed by atoms with van der Waals surface area (Å²) in [6.07, 6.45) is 3.83. The number of benzene rings is 1. The Morgan fingerprint density at radius 2 is 1.89 bits per heavy atom. The number of hydrogen-bond donors (Lipinski definition) is 0. The van der Waals surface area contributed by atoms with E-state index in [2.05, 4.69) is 24.8 Å². The third-order valence-electron chi connectivity index (χ3n) is 6.36. The van der Waals surface area contributed by atoms with Crippen LogP contribution in [0.1, 0.15) is 56.7 Å². The van der Waals surface area contributed by atoms with Crippen molar-refractivity contribution in [2.75, 3.05) is 34.0 Å². The van der Waals surface area contributed by atoms with E-state index in [0.29, 0.717) is 18.6 Å². The van der Waals surface area contributed by atoms with Gasteiger partial charge in [-0.25, -0.2) is 0 Å². The molecule has 1 aromatic carbocycles. The number of alkyl halides is 1. The maximum atomic E-state index is 12.9. The SMILES string of the molecule is COc1cc2c(cc1OC)[C@H]1CC(=O)[C@H](CCC(C)(C)CC[19F])CN1CC2. The molecule has 0 spiro atoms. The van der Waals surface area contributed by atoms with E-state index < -0.39 is 0 Å². The summed E-state index contributed by atoms with van der Waals surface area (Å²) in [5.41, 5.74) is 2.41. The van der Waals surface area contributed by atoms with Gasteiger partial charge in [-0.3, -0.25) is 14.1 Å². The molecule has 2 atom stereocenters. The van der Waals surface area contributed by atoms with Gasteiger partial charge in [0.05, 0.1) is 20.9 Å². The highest BCUT2D eigenvalue weighted by molar-refractivity contribution is 5.83. The molecule has 27 heavy (non-hydrogen) atoms. The van der Waals surface area contributed by atoms with Crippen molar-refractivity contribution in [3.05, 3.63) is 23.3 Å². The Kier molecular flexibility index (Phi) is 6.09. The van der Waals surface area contributed by atoms with Gasteiger partial charge in [0, 0.05) is 31.5 Å². The maximum Gasteiger partial charge on any atom is 0.161 e. The van der Waals surface area contributed by atoms with Crippen LogP contribution >= 0.6 is 0 Å². The normalized spacial score (nSPS) is 22.9. The quantitative estimate of drug-likeness (QED) is 0.708. The number of fused-ring (bicyclic) bond motifs is 3. The fraction of sp³-hybridized carbons (Fsp3) is 0.682. The van der Waals surface area contributed by atoms with Gasteiger partial charge in [0.15, 0.2) is 11.5 Å². The number of carbonyl (C=O) groups is 1. The van der Waals surface area contributed by atoms with Crippen molar-refractivity contribution in [1.82, 2.24) is 4.90 Å². The summed E-state index contributed by atoms with van der Waals surface area (Å²) in [7, 11) is 3.30. The average molecular weight is 378 g/mol. The van der Waals surface area contributed by atoms with E-state index in [1.165, 1.54) is 11.1 Å². The molecule has 1 fully saturated rings. The van der Waals surface area contributed by atoms with Gasteiger partial charge >= 0.3 is 0 Å². The molecule has 1 saturated heterocycles. The second kappa shape index (κ2) is 8.17. The van der Waals surface area contributed by atoms with Crippen molar-refractivity contribution in [2.45, 2.75) is 52.0 Å². The van der Waals surface area contributed by atoms with Crippen LogP contribution in [0.15, 0.2) is 12.1 Å². The lowest BCUT2D eigenvalue weighted by atomic mass is 9.77. The fourth-order valence-electron chi connectivity index (χ4n) is 4.48. The number of piperidine rings is 1. The summed E-state index contributed by atoms with van der Waals surface area (Å²) in [6.45, 7) is 5.68. The molecule has 0 aromatic heterocycles. The molecule has 3 rings (SSSR count). The number of ether oxygens (including phenoxy) is 2. The minimum absolute atomic E-state index is 0.0374. The molecule has 0 unspecified atom stereocenters. The molecule has 2 heterocycles. The molecule has 4 nitrogen and oxygen atoms in total. The van der Waals surface area contributed by atoms with Crippen LogP contribution in [-0.4, -0.2) is 44.7 Å². The van der Waals surface area contributed by atoms with Crippen molar-refractivity contribution in [1.29, 1.82) is 0 Å². The molecule has 5 heteroatoms. The third kappa shape index (κ3) is 4.29. The van der Waals surface area contributed by atoms with Crippen LogP contribution in [0.25, 0.3) is 0 Å². The van der Waals surface area contributed by atoms with E-state index in [4.69, 9.17) is 9.47 Å². The Labute approximate surface area is 162 Å². The summed E-state index contributed by atoms with van der Waals surface area (Å²) < 4.78 is 23.6. The lowest BCUT2D eigenvalue weighted by Gasteiger charge is -2.43. The predicted octanol–water partition coefficient (Wildman–Crippen LogP) is 4.36. The van der Waals surface area contributed by atoms with E-state index in [9.17, 15) is 9.18 Å². The first-order valence-corrected chi connectivity index (χ1v) is 9.96. The first-order valence-electron chi connectivity index (χ1n) is 9.96. The van der Waals surface area contributed by atoms with E-state index >= 15 is 0 Å². The van der Waals surface area contributed by atoms with Gasteiger partial charge in [0.1, 0.15) is 5.78 Å². The average Bonchev–Trinajstić information content (AvgIpc) is 2.65. The van der Waals surface area contributed by atoms with Crippen LogP contribution in [0.3, 0.4) is 0 Å². The van der Waals surface area contributed by atoms with E-state index in [-0.39, 0.29) is 24.0 Å². The minimum Gasteiger partial charge on any atom is -0.493 e. The molecule has 0 radical (unpaired) electrons. The van der Waals surface area contributed by atoms with Crippen LogP contribution in [-0.2, 0) is 11.2 Å². The monoisotopic (exact) mass is 377 g/mol. The molecule has 0 amide bonds. The zero-order chi connectivity index (χ0) is 19.6. The highest BCUT2D eigenvalue weighted by Crippen LogP contribution is 2.43. The highest BCUT2D eigenvalue weighted by Gasteiger charge is 2.38. The molecular weight excluding hydrogens is 345 g/mol. The van der Waals surface area contributed by atoms with Gasteiger partial charge in [-0.15, -0.1) is 0 Å². The summed E-state index contributed by atoms with van der Waals surface area (Å²) >= 11 is 0. The van der Waals surface area contributed by atoms with Gasteiger partial charge in [-0.2, -0.15) is 0 Å². The molecular formula is C22H32FNO3. The molecule has 0 N–H and O–H groups in total. The van der Waals surface area contributed by atoms with Gasteiger partial charge in [-0.1, -0.05) is 13.8 Å². The van der Waals surface area contributed by atoms with Gasteiger partial charge in [0.2, 0.25) is 0 Å². The number of carbonyl (C=O) groups excluding carboxylic acids is 1. The zero-order valence-electron chi connectivity index (χ0n) is 17.0. The molecule has 150 valence electrons. The number of nitrogens with zero attached hydrogens (tertiary/aromatic N) is 1. The van der Waals surface area contributed by atoms with E-state index in [1.54, 1.807) is 14.2 Å². The standard InChI is InChI=1S/C22H32FNO3/c1-22(2,8-9-23)7-5-16-14-24-10-6-15-11-20(26-3)21(27-4)12-17(15)18(24)13-19(16)25/h11-12,16,18H,5-10,13-14H2,1-4H3/t16-,18-/m1/s1/i23+0. The summed E-state index contributed by atoms with van der Waals surface area (Å²) in [6, 6.07) is 4.24. The van der Waals surface area contributed by atoms with Gasteiger partial charge < -0.3 is 9.47 Å². The molecule has 0 bridgehead atoms. The van der Waals surface area contributed by atoms with E-state index in [0.717, 1.165) is 43.9 Å². The van der Waals surface area contributed by atoms with Crippen molar-refractivity contribution in [3.63, 3.8) is 0 Å². The zero-order valence-corrected chi connectivity index (χ0v) is 17.0. The first kappa shape index (κ1) is 20.1. The number of hydrogen-bond acceptors (Lipinski definition) is 4. The van der Waals surface area contributed by atoms with Crippen LogP contribution in [0.4, 0.5) is 4.39 Å². The molecule has 0 aliphatic carbocycles. The highest BCUT2D eigenvalue weighted by atomic mass is 19.1. The Morgan fingerprint density at radius 3 is 2.56 bits per heavy atom. The Morgan fingerprint density at radius 1 is 1.19 bits per heavy atom. The number of ketones is 1. The number of halogens is 1. The summed E-state index contributed by atoms with van der Waals surface area (Å²) in [4.78, 5) is 15.3.